The highest BCUT2D eigenvalue weighted by atomic mass is 35.5. The minimum Gasteiger partial charge on any atom is -0.440 e. The van der Waals surface area contributed by atoms with E-state index in [0.29, 0.717) is 33.6 Å². The topological polar surface area (TPSA) is 55.1 Å². The molecule has 0 saturated heterocycles. The van der Waals surface area contributed by atoms with E-state index in [1.807, 2.05) is 44.2 Å². The second-order valence-electron chi connectivity index (χ2n) is 6.99. The Morgan fingerprint density at radius 1 is 1.00 bits per heavy atom. The Kier molecular flexibility index (Phi) is 5.31. The summed E-state index contributed by atoms with van der Waals surface area (Å²) in [5, 5.41) is 3.61. The van der Waals surface area contributed by atoms with Gasteiger partial charge < -0.3 is 9.73 Å². The van der Waals surface area contributed by atoms with Gasteiger partial charge in [0, 0.05) is 17.7 Å². The fourth-order valence-electron chi connectivity index (χ4n) is 3.22. The second kappa shape index (κ2) is 7.90. The molecule has 0 aliphatic carbocycles. The maximum absolute atomic E-state index is 12.4. The molecule has 1 amide bonds. The number of hydrogen-bond donors (Lipinski definition) is 1. The average Bonchev–Trinajstić information content (AvgIpc) is 3.08. The Labute approximate surface area is 178 Å². The first-order valence-electron chi connectivity index (χ1n) is 9.11. The summed E-state index contributed by atoms with van der Waals surface area (Å²) >= 11 is 11.9. The van der Waals surface area contributed by atoms with Gasteiger partial charge in [-0.05, 0) is 66.9 Å². The van der Waals surface area contributed by atoms with Gasteiger partial charge in [-0.1, -0.05) is 41.4 Å². The molecule has 1 aromatic heterocycles. The number of oxazole rings is 1. The molecule has 29 heavy (non-hydrogen) atoms. The van der Waals surface area contributed by atoms with Crippen molar-refractivity contribution >= 4 is 45.9 Å². The van der Waals surface area contributed by atoms with E-state index in [2.05, 4.69) is 16.4 Å². The van der Waals surface area contributed by atoms with Crippen LogP contribution in [0.1, 0.15) is 32.9 Å². The number of carbonyl (C=O) groups excluding carboxylic acids is 1. The van der Waals surface area contributed by atoms with Crippen LogP contribution in [0.2, 0.25) is 10.0 Å². The Morgan fingerprint density at radius 2 is 1.76 bits per heavy atom. The number of aryl methyl sites for hydroxylation is 2. The molecule has 0 atom stereocenters. The minimum atomic E-state index is -0.249. The predicted molar refractivity (Wildman–Crippen MR) is 117 cm³/mol. The maximum atomic E-state index is 12.4. The standard InChI is InChI=1S/C23H18Cl2N2O2/c1-13-9-14(2)22-20(10-13)27-21(29-22)11-15-3-6-17(7-4-15)26-23(28)16-5-8-18(24)19(25)12-16/h3-10,12H,11H2,1-2H3,(H,26,28). The third kappa shape index (κ3) is 4.29. The number of benzene rings is 3. The molecule has 1 N–H and O–H groups in total. The van der Waals surface area contributed by atoms with Crippen molar-refractivity contribution in [1.29, 1.82) is 0 Å². The first-order valence-corrected chi connectivity index (χ1v) is 9.86. The van der Waals surface area contributed by atoms with E-state index >= 15 is 0 Å². The van der Waals surface area contributed by atoms with E-state index in [-0.39, 0.29) is 5.91 Å². The zero-order valence-corrected chi connectivity index (χ0v) is 17.4. The van der Waals surface area contributed by atoms with Crippen LogP contribution >= 0.6 is 23.2 Å². The lowest BCUT2D eigenvalue weighted by atomic mass is 10.1. The third-order valence-electron chi connectivity index (χ3n) is 4.61. The highest BCUT2D eigenvalue weighted by Crippen LogP contribution is 2.24. The van der Waals surface area contributed by atoms with Crippen LogP contribution in [0.15, 0.2) is 59.0 Å². The molecule has 1 heterocycles. The first-order chi connectivity index (χ1) is 13.9. The van der Waals surface area contributed by atoms with E-state index in [1.54, 1.807) is 18.2 Å². The molecule has 146 valence electrons. The van der Waals surface area contributed by atoms with Gasteiger partial charge in [0.25, 0.3) is 5.91 Å². The van der Waals surface area contributed by atoms with Crippen molar-refractivity contribution in [2.45, 2.75) is 20.3 Å². The van der Waals surface area contributed by atoms with Crippen molar-refractivity contribution in [2.24, 2.45) is 0 Å². The van der Waals surface area contributed by atoms with E-state index < -0.39 is 0 Å². The van der Waals surface area contributed by atoms with Crippen LogP contribution in [0.5, 0.6) is 0 Å². The number of halogens is 2. The Morgan fingerprint density at radius 3 is 2.48 bits per heavy atom. The van der Waals surface area contributed by atoms with Crippen molar-refractivity contribution in [1.82, 2.24) is 4.98 Å². The molecule has 0 bridgehead atoms. The van der Waals surface area contributed by atoms with E-state index in [9.17, 15) is 4.79 Å². The number of nitrogens with zero attached hydrogens (tertiary/aromatic N) is 1. The lowest BCUT2D eigenvalue weighted by Gasteiger charge is -2.07. The van der Waals surface area contributed by atoms with Crippen molar-refractivity contribution in [3.05, 3.63) is 92.8 Å². The van der Waals surface area contributed by atoms with Crippen LogP contribution in [0.3, 0.4) is 0 Å². The third-order valence-corrected chi connectivity index (χ3v) is 5.35. The Bertz CT molecular complexity index is 1210. The van der Waals surface area contributed by atoms with Crippen LogP contribution in [-0.4, -0.2) is 10.9 Å². The number of fused-ring (bicyclic) bond motifs is 1. The van der Waals surface area contributed by atoms with Crippen molar-refractivity contribution in [2.75, 3.05) is 5.32 Å². The fraction of sp³-hybridized carbons (Fsp3) is 0.130. The largest absolute Gasteiger partial charge is 0.440 e. The van der Waals surface area contributed by atoms with Crippen LogP contribution in [-0.2, 0) is 6.42 Å². The zero-order valence-electron chi connectivity index (χ0n) is 15.9. The highest BCUT2D eigenvalue weighted by Gasteiger charge is 2.11. The van der Waals surface area contributed by atoms with Gasteiger partial charge in [-0.2, -0.15) is 0 Å². The van der Waals surface area contributed by atoms with Gasteiger partial charge in [0.15, 0.2) is 11.5 Å². The number of carbonyl (C=O) groups is 1. The number of amides is 1. The summed E-state index contributed by atoms with van der Waals surface area (Å²) in [6.07, 6.45) is 0.578. The molecule has 0 aliphatic heterocycles. The maximum Gasteiger partial charge on any atom is 0.255 e. The van der Waals surface area contributed by atoms with Gasteiger partial charge >= 0.3 is 0 Å². The highest BCUT2D eigenvalue weighted by molar-refractivity contribution is 6.42. The van der Waals surface area contributed by atoms with Gasteiger partial charge in [-0.15, -0.1) is 0 Å². The molecule has 0 unspecified atom stereocenters. The minimum absolute atomic E-state index is 0.249. The zero-order chi connectivity index (χ0) is 20.5. The van der Waals surface area contributed by atoms with E-state index in [1.165, 1.54) is 0 Å². The molecule has 3 aromatic carbocycles. The van der Waals surface area contributed by atoms with E-state index in [0.717, 1.165) is 27.8 Å². The van der Waals surface area contributed by atoms with Crippen molar-refractivity contribution in [3.63, 3.8) is 0 Å². The molecular formula is C23H18Cl2N2O2. The predicted octanol–water partition coefficient (Wildman–Crippen LogP) is 6.59. The number of hydrogen-bond acceptors (Lipinski definition) is 3. The summed E-state index contributed by atoms with van der Waals surface area (Å²) in [6, 6.07) is 16.5. The van der Waals surface area contributed by atoms with Gasteiger partial charge in [0.1, 0.15) is 5.52 Å². The Balaban J connectivity index is 1.47. The van der Waals surface area contributed by atoms with Crippen LogP contribution in [0, 0.1) is 13.8 Å². The molecule has 4 rings (SSSR count). The van der Waals surface area contributed by atoms with Crippen LogP contribution in [0.25, 0.3) is 11.1 Å². The molecule has 0 radical (unpaired) electrons. The smallest absolute Gasteiger partial charge is 0.255 e. The number of aromatic nitrogens is 1. The van der Waals surface area contributed by atoms with Crippen molar-refractivity contribution in [3.8, 4) is 0 Å². The van der Waals surface area contributed by atoms with Crippen molar-refractivity contribution < 1.29 is 9.21 Å². The molecule has 6 heteroatoms. The molecular weight excluding hydrogens is 407 g/mol. The quantitative estimate of drug-likeness (QED) is 0.401. The second-order valence-corrected chi connectivity index (χ2v) is 7.81. The van der Waals surface area contributed by atoms with Gasteiger partial charge in [-0.3, -0.25) is 4.79 Å². The molecule has 4 aromatic rings. The summed E-state index contributed by atoms with van der Waals surface area (Å²) in [6.45, 7) is 4.07. The van der Waals surface area contributed by atoms with E-state index in [4.69, 9.17) is 27.6 Å². The average molecular weight is 425 g/mol. The SMILES string of the molecule is Cc1cc(C)c2oc(Cc3ccc(NC(=O)c4ccc(Cl)c(Cl)c4)cc3)nc2c1. The first kappa shape index (κ1) is 19.5. The van der Waals surface area contributed by atoms with Crippen LogP contribution in [0.4, 0.5) is 5.69 Å². The monoisotopic (exact) mass is 424 g/mol. The lowest BCUT2D eigenvalue weighted by molar-refractivity contribution is 0.102. The lowest BCUT2D eigenvalue weighted by Crippen LogP contribution is -2.11. The fourth-order valence-corrected chi connectivity index (χ4v) is 3.52. The summed E-state index contributed by atoms with van der Waals surface area (Å²) in [5.41, 5.74) is 6.13. The molecule has 0 spiro atoms. The molecule has 0 fully saturated rings. The summed E-state index contributed by atoms with van der Waals surface area (Å²) in [5.74, 6) is 0.419. The summed E-state index contributed by atoms with van der Waals surface area (Å²) < 4.78 is 5.93. The summed E-state index contributed by atoms with van der Waals surface area (Å²) in [4.78, 5) is 17.0. The molecule has 0 aliphatic rings. The number of anilines is 1. The van der Waals surface area contributed by atoms with Gasteiger partial charge in [-0.25, -0.2) is 4.98 Å². The number of nitrogens with one attached hydrogen (secondary N) is 1. The summed E-state index contributed by atoms with van der Waals surface area (Å²) in [7, 11) is 0. The number of rotatable bonds is 4. The Hall–Kier alpha value is -2.82. The van der Waals surface area contributed by atoms with Gasteiger partial charge in [0.05, 0.1) is 10.0 Å². The van der Waals surface area contributed by atoms with Gasteiger partial charge in [0.2, 0.25) is 0 Å². The molecule has 0 saturated carbocycles. The normalized spacial score (nSPS) is 11.0. The molecule has 4 nitrogen and oxygen atoms in total. The van der Waals surface area contributed by atoms with Crippen LogP contribution < -0.4 is 5.32 Å².